The molecule has 2 heteroatoms. The zero-order valence-corrected chi connectivity index (χ0v) is 8.27. The van der Waals surface area contributed by atoms with Crippen LogP contribution in [0, 0.1) is 0 Å². The summed E-state index contributed by atoms with van der Waals surface area (Å²) >= 11 is 0. The van der Waals surface area contributed by atoms with E-state index in [2.05, 4.69) is 25.7 Å². The number of nitrogens with zero attached hydrogens (tertiary/aromatic N) is 1. The van der Waals surface area contributed by atoms with Gasteiger partial charge in [-0.05, 0) is 27.8 Å². The normalized spacial score (nSPS) is 12.2. The third kappa shape index (κ3) is 4.14. The fraction of sp³-hybridized carbons (Fsp3) is 0.889. The van der Waals surface area contributed by atoms with Crippen LogP contribution in [0.1, 0.15) is 34.1 Å². The minimum absolute atomic E-state index is 0.102. The lowest BCUT2D eigenvalue weighted by Crippen LogP contribution is -2.41. The third-order valence-corrected chi connectivity index (χ3v) is 1.95. The lowest BCUT2D eigenvalue weighted by molar-refractivity contribution is -0.120. The van der Waals surface area contributed by atoms with E-state index in [4.69, 9.17) is 0 Å². The fourth-order valence-electron chi connectivity index (χ4n) is 0.614. The first-order valence-electron chi connectivity index (χ1n) is 4.11. The molecule has 0 aromatic heterocycles. The number of likely N-dealkylation sites (N-methyl/N-ethyl adjacent to an activating group) is 1. The second-order valence-electron chi connectivity index (χ2n) is 3.92. The number of carbonyl (C=O) groups excluding carboxylic acids is 1. The molecule has 0 aromatic rings. The van der Waals surface area contributed by atoms with Crippen molar-refractivity contribution >= 4 is 5.78 Å². The van der Waals surface area contributed by atoms with Crippen molar-refractivity contribution in [2.45, 2.75) is 39.7 Å². The number of Topliss-reactive ketones (excluding diaryl/α,β-unsaturated/α-hetero) is 1. The maximum atomic E-state index is 11.0. The Labute approximate surface area is 69.6 Å². The van der Waals surface area contributed by atoms with E-state index in [0.717, 1.165) is 0 Å². The molecule has 0 saturated heterocycles. The van der Waals surface area contributed by atoms with Gasteiger partial charge < -0.3 is 0 Å². The van der Waals surface area contributed by atoms with Gasteiger partial charge in [0.1, 0.15) is 5.78 Å². The predicted octanol–water partition coefficient (Wildman–Crippen LogP) is 1.70. The van der Waals surface area contributed by atoms with Crippen LogP contribution in [-0.4, -0.2) is 29.8 Å². The Morgan fingerprint density at radius 3 is 2.09 bits per heavy atom. The maximum Gasteiger partial charge on any atom is 0.146 e. The monoisotopic (exact) mass is 157 g/mol. The predicted molar refractivity (Wildman–Crippen MR) is 47.7 cm³/mol. The van der Waals surface area contributed by atoms with Crippen molar-refractivity contribution < 1.29 is 4.79 Å². The molecule has 0 N–H and O–H groups in total. The summed E-state index contributed by atoms with van der Waals surface area (Å²) in [7, 11) is 1.98. The number of hydrogen-bond acceptors (Lipinski definition) is 2. The van der Waals surface area contributed by atoms with Gasteiger partial charge >= 0.3 is 0 Å². The highest BCUT2D eigenvalue weighted by Gasteiger charge is 2.18. The first-order valence-corrected chi connectivity index (χ1v) is 4.11. The Morgan fingerprint density at radius 1 is 1.36 bits per heavy atom. The topological polar surface area (TPSA) is 20.3 Å². The average Bonchev–Trinajstić information content (AvgIpc) is 1.85. The first-order chi connectivity index (χ1) is 4.88. The highest BCUT2D eigenvalue weighted by Crippen LogP contribution is 2.09. The Balaban J connectivity index is 3.87. The molecule has 0 spiro atoms. The van der Waals surface area contributed by atoms with Crippen LogP contribution in [0.4, 0.5) is 0 Å². The largest absolute Gasteiger partial charge is 0.298 e. The molecule has 0 aliphatic heterocycles. The van der Waals surface area contributed by atoms with Crippen LogP contribution < -0.4 is 0 Å². The Hall–Kier alpha value is -0.370. The van der Waals surface area contributed by atoms with E-state index in [1.54, 1.807) is 0 Å². The van der Waals surface area contributed by atoms with Crippen molar-refractivity contribution in [3.8, 4) is 0 Å². The summed E-state index contributed by atoms with van der Waals surface area (Å²) in [5.41, 5.74) is 0.102. The van der Waals surface area contributed by atoms with Gasteiger partial charge in [-0.15, -0.1) is 0 Å². The quantitative estimate of drug-likeness (QED) is 0.621. The van der Waals surface area contributed by atoms with Crippen molar-refractivity contribution in [1.29, 1.82) is 0 Å². The number of carbonyl (C=O) groups is 1. The summed E-state index contributed by atoms with van der Waals surface area (Å²) in [4.78, 5) is 13.1. The standard InChI is InChI=1S/C9H19NO/c1-6-8(11)7-10(5)9(2,3)4/h6-7H2,1-5H3. The molecule has 0 amide bonds. The molecule has 0 aliphatic carbocycles. The van der Waals surface area contributed by atoms with Crippen molar-refractivity contribution in [3.05, 3.63) is 0 Å². The van der Waals surface area contributed by atoms with E-state index in [9.17, 15) is 4.79 Å². The van der Waals surface area contributed by atoms with Crippen LogP contribution in [0.25, 0.3) is 0 Å². The molecule has 0 atom stereocenters. The van der Waals surface area contributed by atoms with Crippen LogP contribution >= 0.6 is 0 Å². The van der Waals surface area contributed by atoms with Crippen molar-refractivity contribution in [2.24, 2.45) is 0 Å². The minimum Gasteiger partial charge on any atom is -0.298 e. The molecule has 0 aliphatic rings. The molecule has 66 valence electrons. The summed E-state index contributed by atoms with van der Waals surface area (Å²) in [6.07, 6.45) is 0.639. The van der Waals surface area contributed by atoms with Gasteiger partial charge in [0.05, 0.1) is 6.54 Å². The van der Waals surface area contributed by atoms with Crippen LogP contribution in [0.5, 0.6) is 0 Å². The lowest BCUT2D eigenvalue weighted by Gasteiger charge is -2.31. The average molecular weight is 157 g/mol. The molecule has 0 fully saturated rings. The maximum absolute atomic E-state index is 11.0. The minimum atomic E-state index is 0.102. The number of ketones is 1. The zero-order chi connectivity index (χ0) is 9.07. The molecule has 11 heavy (non-hydrogen) atoms. The van der Waals surface area contributed by atoms with Gasteiger partial charge in [0, 0.05) is 12.0 Å². The molecule has 0 heterocycles. The Kier molecular flexibility index (Phi) is 3.73. The van der Waals surface area contributed by atoms with Crippen LogP contribution in [-0.2, 0) is 4.79 Å². The highest BCUT2D eigenvalue weighted by atomic mass is 16.1. The zero-order valence-electron chi connectivity index (χ0n) is 8.27. The summed E-state index contributed by atoms with van der Waals surface area (Å²) in [5.74, 6) is 0.308. The molecule has 0 unspecified atom stereocenters. The molecule has 2 nitrogen and oxygen atoms in total. The van der Waals surface area contributed by atoms with Crippen molar-refractivity contribution in [1.82, 2.24) is 4.90 Å². The second kappa shape index (κ2) is 3.86. The smallest absolute Gasteiger partial charge is 0.146 e. The van der Waals surface area contributed by atoms with Gasteiger partial charge in [0.2, 0.25) is 0 Å². The van der Waals surface area contributed by atoms with Gasteiger partial charge in [-0.1, -0.05) is 6.92 Å². The van der Waals surface area contributed by atoms with E-state index in [1.807, 2.05) is 14.0 Å². The second-order valence-corrected chi connectivity index (χ2v) is 3.92. The van der Waals surface area contributed by atoms with E-state index in [0.29, 0.717) is 18.7 Å². The molecular weight excluding hydrogens is 138 g/mol. The summed E-state index contributed by atoms with van der Waals surface area (Å²) in [6, 6.07) is 0. The summed E-state index contributed by atoms with van der Waals surface area (Å²) in [5, 5.41) is 0. The van der Waals surface area contributed by atoms with E-state index < -0.39 is 0 Å². The van der Waals surface area contributed by atoms with Crippen LogP contribution in [0.2, 0.25) is 0 Å². The van der Waals surface area contributed by atoms with Gasteiger partial charge in [-0.2, -0.15) is 0 Å². The molecule has 0 rings (SSSR count). The van der Waals surface area contributed by atoms with Gasteiger partial charge in [0.15, 0.2) is 0 Å². The molecule has 0 saturated carbocycles. The van der Waals surface area contributed by atoms with E-state index in [-0.39, 0.29) is 5.54 Å². The van der Waals surface area contributed by atoms with E-state index >= 15 is 0 Å². The highest BCUT2D eigenvalue weighted by molar-refractivity contribution is 5.80. The Morgan fingerprint density at radius 2 is 1.82 bits per heavy atom. The van der Waals surface area contributed by atoms with E-state index in [1.165, 1.54) is 0 Å². The number of hydrogen-bond donors (Lipinski definition) is 0. The van der Waals surface area contributed by atoms with Crippen molar-refractivity contribution in [2.75, 3.05) is 13.6 Å². The first kappa shape index (κ1) is 10.6. The Bertz CT molecular complexity index is 135. The van der Waals surface area contributed by atoms with Gasteiger partial charge in [-0.25, -0.2) is 0 Å². The molecular formula is C9H19NO. The van der Waals surface area contributed by atoms with Crippen LogP contribution in [0.3, 0.4) is 0 Å². The van der Waals surface area contributed by atoms with Crippen molar-refractivity contribution in [3.63, 3.8) is 0 Å². The molecule has 0 aromatic carbocycles. The van der Waals surface area contributed by atoms with Gasteiger partial charge in [-0.3, -0.25) is 9.69 Å². The SMILES string of the molecule is CCC(=O)CN(C)C(C)(C)C. The number of rotatable bonds is 3. The molecule has 0 radical (unpaired) electrons. The summed E-state index contributed by atoms with van der Waals surface area (Å²) in [6.45, 7) is 8.79. The summed E-state index contributed by atoms with van der Waals surface area (Å²) < 4.78 is 0. The molecule has 0 bridgehead atoms. The van der Waals surface area contributed by atoms with Gasteiger partial charge in [0.25, 0.3) is 0 Å². The fourth-order valence-corrected chi connectivity index (χ4v) is 0.614. The lowest BCUT2D eigenvalue weighted by atomic mass is 10.1. The third-order valence-electron chi connectivity index (χ3n) is 1.95. The van der Waals surface area contributed by atoms with Crippen LogP contribution in [0.15, 0.2) is 0 Å².